The van der Waals surface area contributed by atoms with Crippen molar-refractivity contribution in [2.45, 2.75) is 26.7 Å². The van der Waals surface area contributed by atoms with Crippen LogP contribution < -0.4 is 10.6 Å². The molecule has 0 saturated carbocycles. The minimum absolute atomic E-state index is 0.0147. The fourth-order valence-electron chi connectivity index (χ4n) is 1.47. The van der Waals surface area contributed by atoms with Crippen molar-refractivity contribution in [1.29, 1.82) is 0 Å². The second-order valence-electron chi connectivity index (χ2n) is 4.19. The highest BCUT2D eigenvalue weighted by Gasteiger charge is 2.01. The van der Waals surface area contributed by atoms with Gasteiger partial charge in [-0.15, -0.1) is 0 Å². The molecular formula is C14H20N2O2. The van der Waals surface area contributed by atoms with E-state index in [2.05, 4.69) is 17.6 Å². The van der Waals surface area contributed by atoms with Gasteiger partial charge in [0.1, 0.15) is 0 Å². The van der Waals surface area contributed by atoms with Crippen molar-refractivity contribution in [1.82, 2.24) is 5.32 Å². The molecule has 2 N–H and O–H groups in total. The first-order valence-electron chi connectivity index (χ1n) is 6.25. The summed E-state index contributed by atoms with van der Waals surface area (Å²) in [6.45, 7) is 4.59. The number of hydrogen-bond acceptors (Lipinski definition) is 3. The summed E-state index contributed by atoms with van der Waals surface area (Å²) in [5, 5.41) is 5.84. The van der Waals surface area contributed by atoms with E-state index in [1.165, 1.54) is 6.92 Å². The number of carbonyl (C=O) groups is 2. The molecule has 0 heterocycles. The maximum absolute atomic E-state index is 11.4. The largest absolute Gasteiger partial charge is 0.376 e. The summed E-state index contributed by atoms with van der Waals surface area (Å²) >= 11 is 0. The minimum Gasteiger partial charge on any atom is -0.376 e. The second kappa shape index (κ2) is 7.48. The summed E-state index contributed by atoms with van der Waals surface area (Å²) < 4.78 is 0. The van der Waals surface area contributed by atoms with E-state index < -0.39 is 0 Å². The van der Waals surface area contributed by atoms with Crippen LogP contribution in [0.3, 0.4) is 0 Å². The van der Waals surface area contributed by atoms with Crippen LogP contribution in [0.1, 0.15) is 37.0 Å². The predicted molar refractivity (Wildman–Crippen MR) is 72.9 cm³/mol. The Morgan fingerprint density at radius 3 is 2.39 bits per heavy atom. The number of hydrogen-bond donors (Lipinski definition) is 2. The van der Waals surface area contributed by atoms with E-state index in [1.807, 2.05) is 0 Å². The first kappa shape index (κ1) is 14.2. The third-order valence-electron chi connectivity index (χ3n) is 2.60. The Bertz CT molecular complexity index is 399. The van der Waals surface area contributed by atoms with Crippen LogP contribution in [-0.4, -0.2) is 24.8 Å². The molecule has 0 spiro atoms. The van der Waals surface area contributed by atoms with Gasteiger partial charge >= 0.3 is 0 Å². The molecule has 18 heavy (non-hydrogen) atoms. The van der Waals surface area contributed by atoms with Crippen LogP contribution >= 0.6 is 0 Å². The number of ketones is 1. The van der Waals surface area contributed by atoms with Gasteiger partial charge in [0.05, 0.1) is 6.54 Å². The van der Waals surface area contributed by atoms with E-state index in [-0.39, 0.29) is 18.2 Å². The smallest absolute Gasteiger partial charge is 0.239 e. The van der Waals surface area contributed by atoms with Crippen molar-refractivity contribution >= 4 is 17.4 Å². The van der Waals surface area contributed by atoms with Gasteiger partial charge in [0.15, 0.2) is 5.78 Å². The van der Waals surface area contributed by atoms with Crippen LogP contribution in [0, 0.1) is 0 Å². The van der Waals surface area contributed by atoms with Gasteiger partial charge in [-0.2, -0.15) is 0 Å². The molecule has 0 atom stereocenters. The lowest BCUT2D eigenvalue weighted by Gasteiger charge is -2.07. The van der Waals surface area contributed by atoms with Gasteiger partial charge in [-0.1, -0.05) is 13.3 Å². The molecule has 0 radical (unpaired) electrons. The lowest BCUT2D eigenvalue weighted by atomic mass is 10.1. The standard InChI is InChI=1S/C14H20N2O2/c1-3-4-9-15-14(18)10-16-13-7-5-12(6-8-13)11(2)17/h5-8,16H,3-4,9-10H2,1-2H3,(H,15,18). The molecule has 4 nitrogen and oxygen atoms in total. The summed E-state index contributed by atoms with van der Waals surface area (Å²) in [6.07, 6.45) is 2.07. The lowest BCUT2D eigenvalue weighted by Crippen LogP contribution is -2.30. The Hall–Kier alpha value is -1.84. The summed E-state index contributed by atoms with van der Waals surface area (Å²) in [4.78, 5) is 22.5. The number of Topliss-reactive ketones (excluding diaryl/α,β-unsaturated/α-hetero) is 1. The highest BCUT2D eigenvalue weighted by molar-refractivity contribution is 5.94. The highest BCUT2D eigenvalue weighted by atomic mass is 16.1. The van der Waals surface area contributed by atoms with Crippen LogP contribution in [0.5, 0.6) is 0 Å². The van der Waals surface area contributed by atoms with Crippen LogP contribution in [0.2, 0.25) is 0 Å². The Morgan fingerprint density at radius 1 is 1.17 bits per heavy atom. The van der Waals surface area contributed by atoms with Crippen LogP contribution in [-0.2, 0) is 4.79 Å². The first-order valence-corrected chi connectivity index (χ1v) is 6.25. The second-order valence-corrected chi connectivity index (χ2v) is 4.19. The SMILES string of the molecule is CCCCNC(=O)CNc1ccc(C(C)=O)cc1. The van der Waals surface area contributed by atoms with Gasteiger partial charge in [-0.05, 0) is 37.6 Å². The van der Waals surface area contributed by atoms with Crippen LogP contribution in [0.25, 0.3) is 0 Å². The normalized spacial score (nSPS) is 9.89. The summed E-state index contributed by atoms with van der Waals surface area (Å²) in [6, 6.07) is 7.10. The summed E-state index contributed by atoms with van der Waals surface area (Å²) in [5.74, 6) is 0.0259. The molecule has 0 fully saturated rings. The van der Waals surface area contributed by atoms with Crippen molar-refractivity contribution in [2.24, 2.45) is 0 Å². The zero-order chi connectivity index (χ0) is 13.4. The van der Waals surface area contributed by atoms with Crippen molar-refractivity contribution in [3.05, 3.63) is 29.8 Å². The molecule has 0 aliphatic heterocycles. The third kappa shape index (κ3) is 4.99. The van der Waals surface area contributed by atoms with Gasteiger partial charge in [0, 0.05) is 17.8 Å². The van der Waals surface area contributed by atoms with Gasteiger partial charge in [0.25, 0.3) is 0 Å². The predicted octanol–water partition coefficient (Wildman–Crippen LogP) is 2.22. The van der Waals surface area contributed by atoms with Gasteiger partial charge < -0.3 is 10.6 Å². The van der Waals surface area contributed by atoms with E-state index in [0.29, 0.717) is 5.56 Å². The van der Waals surface area contributed by atoms with Crippen molar-refractivity contribution in [2.75, 3.05) is 18.4 Å². The maximum atomic E-state index is 11.4. The average molecular weight is 248 g/mol. The summed E-state index contributed by atoms with van der Waals surface area (Å²) in [7, 11) is 0. The maximum Gasteiger partial charge on any atom is 0.239 e. The molecule has 4 heteroatoms. The topological polar surface area (TPSA) is 58.2 Å². The molecule has 0 saturated heterocycles. The zero-order valence-electron chi connectivity index (χ0n) is 11.0. The fourth-order valence-corrected chi connectivity index (χ4v) is 1.47. The van der Waals surface area contributed by atoms with E-state index >= 15 is 0 Å². The average Bonchev–Trinajstić information content (AvgIpc) is 2.37. The summed E-state index contributed by atoms with van der Waals surface area (Å²) in [5.41, 5.74) is 1.51. The molecule has 98 valence electrons. The molecule has 0 aromatic heterocycles. The molecule has 1 aromatic rings. The molecule has 0 unspecified atom stereocenters. The fraction of sp³-hybridized carbons (Fsp3) is 0.429. The number of amides is 1. The van der Waals surface area contributed by atoms with Gasteiger partial charge in [-0.3, -0.25) is 9.59 Å². The number of benzene rings is 1. The Labute approximate surface area is 108 Å². The quantitative estimate of drug-likeness (QED) is 0.574. The molecule has 0 aliphatic carbocycles. The van der Waals surface area contributed by atoms with E-state index in [4.69, 9.17) is 0 Å². The molecular weight excluding hydrogens is 228 g/mol. The number of anilines is 1. The lowest BCUT2D eigenvalue weighted by molar-refractivity contribution is -0.119. The number of rotatable bonds is 7. The Kier molecular flexibility index (Phi) is 5.91. The highest BCUT2D eigenvalue weighted by Crippen LogP contribution is 2.09. The van der Waals surface area contributed by atoms with E-state index in [1.54, 1.807) is 24.3 Å². The minimum atomic E-state index is -0.0147. The van der Waals surface area contributed by atoms with Crippen molar-refractivity contribution < 1.29 is 9.59 Å². The molecule has 0 aliphatic rings. The molecule has 1 rings (SSSR count). The molecule has 1 aromatic carbocycles. The monoisotopic (exact) mass is 248 g/mol. The van der Waals surface area contributed by atoms with E-state index in [9.17, 15) is 9.59 Å². The van der Waals surface area contributed by atoms with E-state index in [0.717, 1.165) is 25.1 Å². The number of nitrogens with one attached hydrogen (secondary N) is 2. The third-order valence-corrected chi connectivity index (χ3v) is 2.60. The molecule has 1 amide bonds. The first-order chi connectivity index (χ1) is 8.63. The van der Waals surface area contributed by atoms with Crippen LogP contribution in [0.15, 0.2) is 24.3 Å². The van der Waals surface area contributed by atoms with Gasteiger partial charge in [-0.25, -0.2) is 0 Å². The number of unbranched alkanes of at least 4 members (excludes halogenated alkanes) is 1. The number of carbonyl (C=O) groups excluding carboxylic acids is 2. The van der Waals surface area contributed by atoms with Crippen molar-refractivity contribution in [3.63, 3.8) is 0 Å². The molecule has 0 bridgehead atoms. The van der Waals surface area contributed by atoms with Gasteiger partial charge in [0.2, 0.25) is 5.91 Å². The Morgan fingerprint density at radius 2 is 1.83 bits per heavy atom. The van der Waals surface area contributed by atoms with Crippen LogP contribution in [0.4, 0.5) is 5.69 Å². The van der Waals surface area contributed by atoms with Crippen molar-refractivity contribution in [3.8, 4) is 0 Å². The Balaban J connectivity index is 2.34. The zero-order valence-corrected chi connectivity index (χ0v) is 11.0.